The Labute approximate surface area is 154 Å². The number of hydrogen-bond acceptors (Lipinski definition) is 6. The number of anilines is 1. The van der Waals surface area contributed by atoms with Crippen LogP contribution in [0.15, 0.2) is 36.4 Å². The van der Waals surface area contributed by atoms with Crippen LogP contribution >= 0.6 is 11.6 Å². The maximum absolute atomic E-state index is 12.4. The Kier molecular flexibility index (Phi) is 5.13. The third-order valence-electron chi connectivity index (χ3n) is 3.66. The van der Waals surface area contributed by atoms with E-state index in [4.69, 9.17) is 25.9 Å². The number of amides is 1. The van der Waals surface area contributed by atoms with Crippen molar-refractivity contribution < 1.29 is 19.1 Å². The van der Waals surface area contributed by atoms with Gasteiger partial charge in [0, 0.05) is 16.8 Å². The highest BCUT2D eigenvalue weighted by Gasteiger charge is 2.18. The van der Waals surface area contributed by atoms with Crippen LogP contribution < -0.4 is 19.6 Å². The van der Waals surface area contributed by atoms with Gasteiger partial charge < -0.3 is 19.6 Å². The SMILES string of the molecule is COc1ccc(NC(=O)[C@@H](C)On2nnc3ccc(Cl)cc32)cc1OC. The van der Waals surface area contributed by atoms with E-state index in [1.54, 1.807) is 50.4 Å². The quantitative estimate of drug-likeness (QED) is 0.711. The van der Waals surface area contributed by atoms with Crippen molar-refractivity contribution in [2.75, 3.05) is 19.5 Å². The molecule has 0 aliphatic heterocycles. The van der Waals surface area contributed by atoms with Gasteiger partial charge in [-0.05, 0) is 42.5 Å². The fourth-order valence-electron chi connectivity index (χ4n) is 2.30. The highest BCUT2D eigenvalue weighted by Crippen LogP contribution is 2.29. The van der Waals surface area contributed by atoms with Gasteiger partial charge in [-0.2, -0.15) is 0 Å². The molecule has 1 atom stereocenters. The molecule has 3 aromatic rings. The second-order valence-corrected chi connectivity index (χ2v) is 5.84. The first-order valence-corrected chi connectivity index (χ1v) is 8.10. The van der Waals surface area contributed by atoms with E-state index in [9.17, 15) is 4.79 Å². The lowest BCUT2D eigenvalue weighted by molar-refractivity contribution is -0.127. The Hall–Kier alpha value is -3.00. The van der Waals surface area contributed by atoms with Crippen LogP contribution in [0, 0.1) is 0 Å². The fourth-order valence-corrected chi connectivity index (χ4v) is 2.47. The summed E-state index contributed by atoms with van der Waals surface area (Å²) < 4.78 is 10.4. The molecule has 0 unspecified atom stereocenters. The molecule has 2 aromatic carbocycles. The minimum atomic E-state index is -0.827. The molecule has 0 saturated heterocycles. The van der Waals surface area contributed by atoms with Crippen molar-refractivity contribution >= 4 is 34.2 Å². The molecule has 0 radical (unpaired) electrons. The molecule has 9 heteroatoms. The lowest BCUT2D eigenvalue weighted by Gasteiger charge is -2.15. The zero-order valence-corrected chi connectivity index (χ0v) is 15.1. The van der Waals surface area contributed by atoms with Gasteiger partial charge in [0.25, 0.3) is 5.91 Å². The van der Waals surface area contributed by atoms with Crippen LogP contribution in [-0.4, -0.2) is 41.4 Å². The molecule has 0 spiro atoms. The zero-order chi connectivity index (χ0) is 18.7. The lowest BCUT2D eigenvalue weighted by atomic mass is 10.2. The summed E-state index contributed by atoms with van der Waals surface area (Å²) in [4.78, 5) is 19.2. The van der Waals surface area contributed by atoms with Gasteiger partial charge in [0.1, 0.15) is 11.0 Å². The van der Waals surface area contributed by atoms with E-state index in [-0.39, 0.29) is 5.91 Å². The van der Waals surface area contributed by atoms with Crippen molar-refractivity contribution in [2.45, 2.75) is 13.0 Å². The van der Waals surface area contributed by atoms with E-state index in [0.717, 1.165) is 0 Å². The first-order valence-electron chi connectivity index (χ1n) is 7.73. The topological polar surface area (TPSA) is 87.5 Å². The maximum Gasteiger partial charge on any atom is 0.267 e. The normalized spacial score (nSPS) is 11.8. The summed E-state index contributed by atoms with van der Waals surface area (Å²) in [6, 6.07) is 10.2. The van der Waals surface area contributed by atoms with E-state index in [1.165, 1.54) is 12.0 Å². The van der Waals surface area contributed by atoms with E-state index in [1.807, 2.05) is 0 Å². The van der Waals surface area contributed by atoms with Crippen molar-refractivity contribution in [1.82, 2.24) is 15.2 Å². The number of benzene rings is 2. The molecule has 26 heavy (non-hydrogen) atoms. The van der Waals surface area contributed by atoms with Gasteiger partial charge in [0.2, 0.25) is 6.10 Å². The van der Waals surface area contributed by atoms with Crippen LogP contribution in [0.2, 0.25) is 5.02 Å². The third-order valence-corrected chi connectivity index (χ3v) is 3.89. The summed E-state index contributed by atoms with van der Waals surface area (Å²) in [5.41, 5.74) is 1.74. The number of hydrogen-bond donors (Lipinski definition) is 1. The molecule has 136 valence electrons. The Bertz CT molecular complexity index is 944. The van der Waals surface area contributed by atoms with Crippen LogP contribution in [0.4, 0.5) is 5.69 Å². The van der Waals surface area contributed by atoms with Crippen LogP contribution in [0.3, 0.4) is 0 Å². The molecule has 3 rings (SSSR count). The molecule has 1 amide bonds. The van der Waals surface area contributed by atoms with Crippen molar-refractivity contribution in [3.05, 3.63) is 41.4 Å². The molecular formula is C17H17ClN4O4. The van der Waals surface area contributed by atoms with Crippen molar-refractivity contribution in [3.8, 4) is 11.5 Å². The molecule has 0 fully saturated rings. The molecular weight excluding hydrogens is 360 g/mol. The lowest BCUT2D eigenvalue weighted by Crippen LogP contribution is -2.35. The van der Waals surface area contributed by atoms with E-state index >= 15 is 0 Å². The smallest absolute Gasteiger partial charge is 0.267 e. The van der Waals surface area contributed by atoms with Crippen LogP contribution in [0.25, 0.3) is 11.0 Å². The van der Waals surface area contributed by atoms with Crippen molar-refractivity contribution in [1.29, 1.82) is 0 Å². The minimum Gasteiger partial charge on any atom is -0.493 e. The number of methoxy groups -OCH3 is 2. The van der Waals surface area contributed by atoms with Gasteiger partial charge >= 0.3 is 0 Å². The predicted molar refractivity (Wildman–Crippen MR) is 96.8 cm³/mol. The number of rotatable bonds is 6. The Balaban J connectivity index is 1.72. The number of halogens is 1. The zero-order valence-electron chi connectivity index (χ0n) is 14.4. The highest BCUT2D eigenvalue weighted by molar-refractivity contribution is 6.31. The molecule has 0 aliphatic rings. The standard InChI is InChI=1S/C17H17ClN4O4/c1-10(26-22-14-8-11(18)4-6-13(14)20-21-22)17(23)19-12-5-7-15(24-2)16(9-12)25-3/h4-10H,1-3H3,(H,19,23)/t10-/m1/s1. The Morgan fingerprint density at radius 1 is 1.15 bits per heavy atom. The monoisotopic (exact) mass is 376 g/mol. The van der Waals surface area contributed by atoms with E-state index < -0.39 is 6.10 Å². The molecule has 8 nitrogen and oxygen atoms in total. The summed E-state index contributed by atoms with van der Waals surface area (Å²) in [7, 11) is 3.07. The largest absolute Gasteiger partial charge is 0.493 e. The van der Waals surface area contributed by atoms with Gasteiger partial charge in [-0.3, -0.25) is 4.79 Å². The van der Waals surface area contributed by atoms with Gasteiger partial charge in [0.15, 0.2) is 11.5 Å². The number of aromatic nitrogens is 3. The van der Waals surface area contributed by atoms with Crippen molar-refractivity contribution in [2.24, 2.45) is 0 Å². The summed E-state index contributed by atoms with van der Waals surface area (Å²) in [6.07, 6.45) is -0.827. The summed E-state index contributed by atoms with van der Waals surface area (Å²) in [5, 5.41) is 11.1. The third kappa shape index (κ3) is 3.65. The Morgan fingerprint density at radius 3 is 2.65 bits per heavy atom. The number of carbonyl (C=O) groups is 1. The van der Waals surface area contributed by atoms with Crippen LogP contribution in [-0.2, 0) is 4.79 Å². The number of carbonyl (C=O) groups excluding carboxylic acids is 1. The number of ether oxygens (including phenoxy) is 2. The fraction of sp³-hybridized carbons (Fsp3) is 0.235. The molecule has 0 aliphatic carbocycles. The maximum atomic E-state index is 12.4. The van der Waals surface area contributed by atoms with Gasteiger partial charge in [-0.1, -0.05) is 16.4 Å². The highest BCUT2D eigenvalue weighted by atomic mass is 35.5. The summed E-state index contributed by atoms with van der Waals surface area (Å²) in [5.74, 6) is 0.722. The summed E-state index contributed by atoms with van der Waals surface area (Å²) in [6.45, 7) is 1.61. The average molecular weight is 377 g/mol. The van der Waals surface area contributed by atoms with Crippen LogP contribution in [0.1, 0.15) is 6.92 Å². The van der Waals surface area contributed by atoms with Gasteiger partial charge in [-0.15, -0.1) is 5.10 Å². The van der Waals surface area contributed by atoms with Gasteiger partial charge in [-0.25, -0.2) is 0 Å². The minimum absolute atomic E-state index is 0.358. The first kappa shape index (κ1) is 17.8. The molecule has 1 N–H and O–H groups in total. The number of nitrogens with zero attached hydrogens (tertiary/aromatic N) is 3. The first-order chi connectivity index (χ1) is 12.5. The predicted octanol–water partition coefficient (Wildman–Crippen LogP) is 2.56. The van der Waals surface area contributed by atoms with Crippen molar-refractivity contribution in [3.63, 3.8) is 0 Å². The molecule has 1 aromatic heterocycles. The molecule has 0 saturated carbocycles. The second kappa shape index (κ2) is 7.49. The average Bonchev–Trinajstić information content (AvgIpc) is 3.03. The van der Waals surface area contributed by atoms with Crippen LogP contribution in [0.5, 0.6) is 11.5 Å². The molecule has 1 heterocycles. The number of nitrogens with one attached hydrogen (secondary N) is 1. The van der Waals surface area contributed by atoms with Gasteiger partial charge in [0.05, 0.1) is 14.2 Å². The van der Waals surface area contributed by atoms with E-state index in [2.05, 4.69) is 15.6 Å². The Morgan fingerprint density at radius 2 is 1.92 bits per heavy atom. The van der Waals surface area contributed by atoms with E-state index in [0.29, 0.717) is 33.2 Å². The molecule has 0 bridgehead atoms. The summed E-state index contributed by atoms with van der Waals surface area (Å²) >= 11 is 5.98. The number of fused-ring (bicyclic) bond motifs is 1. The second-order valence-electron chi connectivity index (χ2n) is 5.40.